The Morgan fingerprint density at radius 1 is 1.03 bits per heavy atom. The van der Waals surface area contributed by atoms with Crippen molar-refractivity contribution >= 4 is 22.8 Å². The van der Waals surface area contributed by atoms with Crippen LogP contribution in [0.3, 0.4) is 0 Å². The molecule has 0 saturated carbocycles. The van der Waals surface area contributed by atoms with E-state index < -0.39 is 0 Å². The second kappa shape index (κ2) is 8.41. The lowest BCUT2D eigenvalue weighted by molar-refractivity contribution is -0.134. The normalized spacial score (nSPS) is 14.7. The molecule has 1 aliphatic rings. The van der Waals surface area contributed by atoms with Crippen molar-refractivity contribution in [1.29, 1.82) is 0 Å². The largest absolute Gasteiger partial charge is 0.483 e. The van der Waals surface area contributed by atoms with E-state index in [4.69, 9.17) is 4.74 Å². The van der Waals surface area contributed by atoms with Crippen molar-refractivity contribution in [3.63, 3.8) is 0 Å². The van der Waals surface area contributed by atoms with Gasteiger partial charge in [0.2, 0.25) is 0 Å². The van der Waals surface area contributed by atoms with Crippen molar-refractivity contribution in [2.24, 2.45) is 0 Å². The molecular weight excluding hydrogens is 392 g/mol. The van der Waals surface area contributed by atoms with Gasteiger partial charge in [-0.2, -0.15) is 0 Å². The second-order valence-corrected chi connectivity index (χ2v) is 8.84. The summed E-state index contributed by atoms with van der Waals surface area (Å²) in [6, 6.07) is 13.3. The van der Waals surface area contributed by atoms with Crippen molar-refractivity contribution < 1.29 is 14.3 Å². The first-order chi connectivity index (χ1) is 14.8. The number of carbonyl (C=O) groups excluding carboxylic acids is 2. The first kappa shape index (κ1) is 20.9. The quantitative estimate of drug-likeness (QED) is 0.703. The summed E-state index contributed by atoms with van der Waals surface area (Å²) in [4.78, 5) is 36.3. The number of H-pyrrole nitrogens is 1. The van der Waals surface area contributed by atoms with Gasteiger partial charge in [-0.25, -0.2) is 4.98 Å². The third-order valence-electron chi connectivity index (χ3n) is 5.63. The molecule has 31 heavy (non-hydrogen) atoms. The number of para-hydroxylation sites is 1. The topological polar surface area (TPSA) is 78.5 Å². The van der Waals surface area contributed by atoms with Crippen LogP contribution in [0.5, 0.6) is 5.75 Å². The highest BCUT2D eigenvalue weighted by molar-refractivity contribution is 5.97. The van der Waals surface area contributed by atoms with Gasteiger partial charge in [0.25, 0.3) is 11.8 Å². The first-order valence-corrected chi connectivity index (χ1v) is 10.6. The number of nitrogens with zero attached hydrogens (tertiary/aromatic N) is 3. The molecule has 2 amide bonds. The molecule has 0 aliphatic carbocycles. The monoisotopic (exact) mass is 420 g/mol. The fourth-order valence-corrected chi connectivity index (χ4v) is 3.85. The van der Waals surface area contributed by atoms with Gasteiger partial charge in [-0.05, 0) is 35.2 Å². The highest BCUT2D eigenvalue weighted by Gasteiger charge is 2.26. The van der Waals surface area contributed by atoms with Crippen LogP contribution in [-0.2, 0) is 10.2 Å². The summed E-state index contributed by atoms with van der Waals surface area (Å²) >= 11 is 0. The summed E-state index contributed by atoms with van der Waals surface area (Å²) < 4.78 is 5.87. The molecule has 4 rings (SSSR count). The minimum Gasteiger partial charge on any atom is -0.483 e. The van der Waals surface area contributed by atoms with Crippen molar-refractivity contribution in [2.75, 3.05) is 32.8 Å². The van der Waals surface area contributed by atoms with Crippen LogP contribution in [0.4, 0.5) is 0 Å². The Morgan fingerprint density at radius 2 is 1.74 bits per heavy atom. The van der Waals surface area contributed by atoms with E-state index in [0.717, 1.165) is 22.3 Å². The molecule has 3 aromatic rings. The number of carbonyl (C=O) groups is 2. The van der Waals surface area contributed by atoms with Gasteiger partial charge in [0.1, 0.15) is 5.75 Å². The summed E-state index contributed by atoms with van der Waals surface area (Å²) in [7, 11) is 0. The van der Waals surface area contributed by atoms with Gasteiger partial charge >= 0.3 is 0 Å². The van der Waals surface area contributed by atoms with Crippen molar-refractivity contribution in [2.45, 2.75) is 26.2 Å². The summed E-state index contributed by atoms with van der Waals surface area (Å²) in [6.45, 7) is 8.38. The summed E-state index contributed by atoms with van der Waals surface area (Å²) in [6.07, 6.45) is 1.62. The van der Waals surface area contributed by atoms with Gasteiger partial charge in [0.15, 0.2) is 6.61 Å². The van der Waals surface area contributed by atoms with Crippen LogP contribution in [0.15, 0.2) is 48.8 Å². The van der Waals surface area contributed by atoms with Crippen LogP contribution in [0.25, 0.3) is 11.0 Å². The lowest BCUT2D eigenvalue weighted by Gasteiger charge is -2.35. The number of amides is 2. The number of nitrogens with one attached hydrogen (secondary N) is 1. The molecule has 1 aliphatic heterocycles. The number of hydrogen-bond donors (Lipinski definition) is 1. The molecule has 2 heterocycles. The molecule has 0 unspecified atom stereocenters. The van der Waals surface area contributed by atoms with Crippen molar-refractivity contribution in [3.05, 3.63) is 59.9 Å². The summed E-state index contributed by atoms with van der Waals surface area (Å²) in [5, 5.41) is 0. The van der Waals surface area contributed by atoms with Gasteiger partial charge < -0.3 is 19.5 Å². The number of rotatable bonds is 4. The number of ether oxygens (including phenoxy) is 1. The minimum absolute atomic E-state index is 0.00245. The first-order valence-electron chi connectivity index (χ1n) is 10.6. The molecule has 1 fully saturated rings. The number of imidazole rings is 1. The van der Waals surface area contributed by atoms with Crippen LogP contribution >= 0.6 is 0 Å². The molecule has 1 N–H and O–H groups in total. The molecule has 0 spiro atoms. The van der Waals surface area contributed by atoms with Crippen LogP contribution in [0, 0.1) is 0 Å². The molecule has 0 atom stereocenters. The van der Waals surface area contributed by atoms with E-state index in [2.05, 4.69) is 30.7 Å². The minimum atomic E-state index is -0.0647. The predicted octanol–water partition coefficient (Wildman–Crippen LogP) is 3.22. The smallest absolute Gasteiger partial charge is 0.260 e. The van der Waals surface area contributed by atoms with Crippen molar-refractivity contribution in [1.82, 2.24) is 19.8 Å². The Kier molecular flexibility index (Phi) is 5.67. The van der Waals surface area contributed by atoms with Gasteiger partial charge in [-0.3, -0.25) is 9.59 Å². The average molecular weight is 421 g/mol. The highest BCUT2D eigenvalue weighted by Crippen LogP contribution is 2.30. The fourth-order valence-electron chi connectivity index (χ4n) is 3.85. The zero-order valence-electron chi connectivity index (χ0n) is 18.2. The fraction of sp³-hybridized carbons (Fsp3) is 0.375. The van der Waals surface area contributed by atoms with Crippen LogP contribution < -0.4 is 4.74 Å². The molecule has 1 aromatic heterocycles. The van der Waals surface area contributed by atoms with Gasteiger partial charge in [0.05, 0.1) is 17.4 Å². The second-order valence-electron chi connectivity index (χ2n) is 8.84. The summed E-state index contributed by atoms with van der Waals surface area (Å²) in [5.74, 6) is 0.653. The van der Waals surface area contributed by atoms with Gasteiger partial charge in [-0.15, -0.1) is 0 Å². The zero-order valence-corrected chi connectivity index (χ0v) is 18.2. The van der Waals surface area contributed by atoms with Crippen LogP contribution in [0.1, 0.15) is 36.7 Å². The molecular formula is C24H28N4O3. The molecule has 0 radical (unpaired) electrons. The number of hydrogen-bond acceptors (Lipinski definition) is 4. The van der Waals surface area contributed by atoms with E-state index >= 15 is 0 Å². The lowest BCUT2D eigenvalue weighted by atomic mass is 9.86. The maximum atomic E-state index is 12.8. The van der Waals surface area contributed by atoms with E-state index in [0.29, 0.717) is 31.7 Å². The highest BCUT2D eigenvalue weighted by atomic mass is 16.5. The Balaban J connectivity index is 1.32. The van der Waals surface area contributed by atoms with E-state index in [1.807, 2.05) is 36.4 Å². The average Bonchev–Trinajstić information content (AvgIpc) is 3.24. The van der Waals surface area contributed by atoms with Crippen LogP contribution in [-0.4, -0.2) is 64.4 Å². The zero-order chi connectivity index (χ0) is 22.0. The van der Waals surface area contributed by atoms with Gasteiger partial charge in [-0.1, -0.05) is 39.0 Å². The number of aromatic nitrogens is 2. The third kappa shape index (κ3) is 4.55. The molecule has 7 nitrogen and oxygen atoms in total. The van der Waals surface area contributed by atoms with Crippen molar-refractivity contribution in [3.8, 4) is 5.75 Å². The third-order valence-corrected chi connectivity index (χ3v) is 5.63. The number of piperazine rings is 1. The molecule has 2 aromatic carbocycles. The molecule has 162 valence electrons. The predicted molar refractivity (Wildman–Crippen MR) is 119 cm³/mol. The van der Waals surface area contributed by atoms with E-state index in [1.54, 1.807) is 22.2 Å². The SMILES string of the molecule is CC(C)(C)c1ccccc1OCC(=O)N1CCN(C(=O)c2ccc3nc[nH]c3c2)CC1. The maximum Gasteiger partial charge on any atom is 0.260 e. The Bertz CT molecular complexity index is 1090. The number of fused-ring (bicyclic) bond motifs is 1. The van der Waals surface area contributed by atoms with E-state index in [1.165, 1.54) is 0 Å². The van der Waals surface area contributed by atoms with Crippen LogP contribution in [0.2, 0.25) is 0 Å². The number of benzene rings is 2. The molecule has 0 bridgehead atoms. The van der Waals surface area contributed by atoms with E-state index in [-0.39, 0.29) is 23.8 Å². The Morgan fingerprint density at radius 3 is 2.48 bits per heavy atom. The van der Waals surface area contributed by atoms with E-state index in [9.17, 15) is 9.59 Å². The Hall–Kier alpha value is -3.35. The number of aromatic amines is 1. The molecule has 7 heteroatoms. The maximum absolute atomic E-state index is 12.8. The van der Waals surface area contributed by atoms with Gasteiger partial charge in [0, 0.05) is 31.7 Å². The lowest BCUT2D eigenvalue weighted by Crippen LogP contribution is -2.51. The standard InChI is InChI=1S/C24H28N4O3/c1-24(2,3)18-6-4-5-7-21(18)31-15-22(29)27-10-12-28(13-11-27)23(30)17-8-9-19-20(14-17)26-16-25-19/h4-9,14,16H,10-13,15H2,1-3H3,(H,25,26). The summed E-state index contributed by atoms with van der Waals surface area (Å²) in [5.41, 5.74) is 3.31. The Labute approximate surface area is 182 Å². The molecule has 1 saturated heterocycles.